The van der Waals surface area contributed by atoms with Crippen LogP contribution in [0.5, 0.6) is 0 Å². The lowest BCUT2D eigenvalue weighted by molar-refractivity contribution is -0.127. The summed E-state index contributed by atoms with van der Waals surface area (Å²) in [6.07, 6.45) is 5.45. The van der Waals surface area contributed by atoms with Gasteiger partial charge in [0.2, 0.25) is 0 Å². The minimum atomic E-state index is -1.22. The van der Waals surface area contributed by atoms with Crippen molar-refractivity contribution in [2.24, 2.45) is 5.41 Å². The zero-order valence-corrected chi connectivity index (χ0v) is 18.6. The molecule has 0 bridgehead atoms. The smallest absolute Gasteiger partial charge is 0.255 e. The van der Waals surface area contributed by atoms with Crippen molar-refractivity contribution >= 4 is 5.91 Å². The van der Waals surface area contributed by atoms with E-state index < -0.39 is 5.60 Å². The monoisotopic (exact) mass is 407 g/mol. The molecule has 5 nitrogen and oxygen atoms in total. The molecule has 0 aliphatic carbocycles. The molecule has 1 N–H and O–H groups in total. The van der Waals surface area contributed by atoms with Gasteiger partial charge in [-0.1, -0.05) is 45.0 Å². The molecule has 0 radical (unpaired) electrons. The zero-order valence-electron chi connectivity index (χ0n) is 18.6. The molecule has 0 spiro atoms. The van der Waals surface area contributed by atoms with Crippen LogP contribution in [0.1, 0.15) is 66.6 Å². The van der Waals surface area contributed by atoms with Crippen LogP contribution in [0.4, 0.5) is 0 Å². The van der Waals surface area contributed by atoms with Crippen molar-refractivity contribution in [1.29, 1.82) is 0 Å². The Morgan fingerprint density at radius 1 is 1.10 bits per heavy atom. The predicted octanol–water partition coefficient (Wildman–Crippen LogP) is 3.63. The summed E-state index contributed by atoms with van der Waals surface area (Å²) < 4.78 is 0. The third kappa shape index (κ3) is 3.44. The van der Waals surface area contributed by atoms with Crippen LogP contribution in [0.25, 0.3) is 0 Å². The molecule has 5 heteroatoms. The number of nitrogens with zero attached hydrogens (tertiary/aromatic N) is 3. The van der Waals surface area contributed by atoms with Gasteiger partial charge < -0.3 is 14.9 Å². The zero-order chi connectivity index (χ0) is 21.5. The Kier molecular flexibility index (Phi) is 5.45. The van der Waals surface area contributed by atoms with Gasteiger partial charge >= 0.3 is 0 Å². The number of carbonyl (C=O) groups is 1. The van der Waals surface area contributed by atoms with Crippen LogP contribution in [0.3, 0.4) is 0 Å². The Balaban J connectivity index is 1.77. The summed E-state index contributed by atoms with van der Waals surface area (Å²) in [5.41, 5.74) is 1.77. The number of benzene rings is 1. The van der Waals surface area contributed by atoms with E-state index >= 15 is 0 Å². The van der Waals surface area contributed by atoms with Gasteiger partial charge in [-0.2, -0.15) is 0 Å². The first-order chi connectivity index (χ1) is 14.2. The lowest BCUT2D eigenvalue weighted by atomic mass is 9.62. The molecule has 1 amide bonds. The number of aliphatic hydroxyl groups is 1. The van der Waals surface area contributed by atoms with Crippen molar-refractivity contribution in [3.63, 3.8) is 0 Å². The number of likely N-dealkylation sites (tertiary alicyclic amines) is 2. The fourth-order valence-electron chi connectivity index (χ4n) is 5.20. The largest absolute Gasteiger partial charge is 0.380 e. The summed E-state index contributed by atoms with van der Waals surface area (Å²) in [4.78, 5) is 21.4. The molecule has 4 rings (SSSR count). The van der Waals surface area contributed by atoms with Crippen LogP contribution in [0.2, 0.25) is 0 Å². The Bertz CT molecular complexity index is 912. The average molecular weight is 408 g/mol. The Labute approximate surface area is 179 Å². The van der Waals surface area contributed by atoms with E-state index in [1.54, 1.807) is 12.4 Å². The summed E-state index contributed by atoms with van der Waals surface area (Å²) in [5, 5.41) is 12.3. The molecule has 1 aromatic carbocycles. The summed E-state index contributed by atoms with van der Waals surface area (Å²) in [6.45, 7) is 9.61. The quantitative estimate of drug-likeness (QED) is 0.822. The van der Waals surface area contributed by atoms with Gasteiger partial charge in [0.15, 0.2) is 0 Å². The summed E-state index contributed by atoms with van der Waals surface area (Å²) in [6, 6.07) is 10.1. The highest BCUT2D eigenvalue weighted by molar-refractivity contribution is 5.94. The minimum Gasteiger partial charge on any atom is -0.380 e. The third-order valence-electron chi connectivity index (χ3n) is 6.90. The van der Waals surface area contributed by atoms with Gasteiger partial charge in [-0.05, 0) is 43.0 Å². The first-order valence-electron chi connectivity index (χ1n) is 11.0. The van der Waals surface area contributed by atoms with E-state index in [2.05, 4.69) is 49.8 Å². The predicted molar refractivity (Wildman–Crippen MR) is 119 cm³/mol. The topological polar surface area (TPSA) is 56.7 Å². The summed E-state index contributed by atoms with van der Waals surface area (Å²) >= 11 is 0. The number of rotatable bonds is 5. The molecule has 2 aliphatic rings. The van der Waals surface area contributed by atoms with Crippen LogP contribution < -0.4 is 0 Å². The van der Waals surface area contributed by atoms with Crippen LogP contribution in [0.15, 0.2) is 42.7 Å². The number of hydrogen-bond donors (Lipinski definition) is 1. The van der Waals surface area contributed by atoms with E-state index in [4.69, 9.17) is 0 Å². The van der Waals surface area contributed by atoms with Gasteiger partial charge in [0.05, 0.1) is 5.56 Å². The maximum atomic E-state index is 13.0. The molecule has 0 saturated carbocycles. The fourth-order valence-corrected chi connectivity index (χ4v) is 5.20. The van der Waals surface area contributed by atoms with Crippen LogP contribution in [-0.4, -0.2) is 59.0 Å². The minimum absolute atomic E-state index is 0.00948. The van der Waals surface area contributed by atoms with Crippen LogP contribution in [-0.2, 0) is 5.60 Å². The second-order valence-corrected chi connectivity index (χ2v) is 9.68. The van der Waals surface area contributed by atoms with Crippen molar-refractivity contribution in [1.82, 2.24) is 14.8 Å². The van der Waals surface area contributed by atoms with Crippen LogP contribution >= 0.6 is 0 Å². The average Bonchev–Trinajstić information content (AvgIpc) is 3.26. The molecule has 2 saturated heterocycles. The van der Waals surface area contributed by atoms with Crippen molar-refractivity contribution in [3.05, 3.63) is 65.0 Å². The van der Waals surface area contributed by atoms with Crippen molar-refractivity contribution in [2.45, 2.75) is 45.1 Å². The SMILES string of the molecule is CC(C)c1ccc(C(O)(c2cncc(C(=O)N3CCCC3)c2)C2(C)CN(C)C2)cc1. The van der Waals surface area contributed by atoms with Gasteiger partial charge in [0, 0.05) is 49.6 Å². The molecule has 1 aromatic heterocycles. The van der Waals surface area contributed by atoms with Crippen molar-refractivity contribution in [3.8, 4) is 0 Å². The molecule has 30 heavy (non-hydrogen) atoms. The normalized spacial score (nSPS) is 20.8. The van der Waals surface area contributed by atoms with E-state index in [1.165, 1.54) is 5.56 Å². The first kappa shape index (κ1) is 21.0. The molecule has 160 valence electrons. The van der Waals surface area contributed by atoms with E-state index in [-0.39, 0.29) is 11.3 Å². The molecule has 2 aliphatic heterocycles. The maximum Gasteiger partial charge on any atom is 0.255 e. The van der Waals surface area contributed by atoms with Gasteiger partial charge in [-0.3, -0.25) is 9.78 Å². The number of hydrogen-bond acceptors (Lipinski definition) is 4. The van der Waals surface area contributed by atoms with Gasteiger partial charge in [0.1, 0.15) is 5.60 Å². The first-order valence-corrected chi connectivity index (χ1v) is 11.0. The van der Waals surface area contributed by atoms with Gasteiger partial charge in [-0.25, -0.2) is 0 Å². The molecule has 2 fully saturated rings. The highest BCUT2D eigenvalue weighted by Crippen LogP contribution is 2.50. The molecule has 3 heterocycles. The Morgan fingerprint density at radius 2 is 1.73 bits per heavy atom. The standard InChI is InChI=1S/C25H33N3O2/c1-18(2)19-7-9-21(10-8-19)25(30,24(3)16-27(4)17-24)22-13-20(14-26-15-22)23(29)28-11-5-6-12-28/h7-10,13-15,18,30H,5-6,11-12,16-17H2,1-4H3. The molecular formula is C25H33N3O2. The van der Waals surface area contributed by atoms with Crippen LogP contribution in [0, 0.1) is 5.41 Å². The Hall–Kier alpha value is -2.24. The Morgan fingerprint density at radius 3 is 2.30 bits per heavy atom. The van der Waals surface area contributed by atoms with Gasteiger partial charge in [-0.15, -0.1) is 0 Å². The number of pyridine rings is 1. The molecule has 2 aromatic rings. The van der Waals surface area contributed by atoms with Crippen molar-refractivity contribution in [2.75, 3.05) is 33.2 Å². The fraction of sp³-hybridized carbons (Fsp3) is 0.520. The van der Waals surface area contributed by atoms with E-state index in [0.29, 0.717) is 17.0 Å². The number of amides is 1. The van der Waals surface area contributed by atoms with Crippen molar-refractivity contribution < 1.29 is 9.90 Å². The van der Waals surface area contributed by atoms with E-state index in [1.807, 2.05) is 23.1 Å². The summed E-state index contributed by atoms with van der Waals surface area (Å²) in [5.74, 6) is 0.441. The second-order valence-electron chi connectivity index (χ2n) is 9.68. The number of aromatic nitrogens is 1. The highest BCUT2D eigenvalue weighted by Gasteiger charge is 2.55. The molecule has 1 unspecified atom stereocenters. The number of carbonyl (C=O) groups excluding carboxylic acids is 1. The molecule has 1 atom stereocenters. The highest BCUT2D eigenvalue weighted by atomic mass is 16.3. The lowest BCUT2D eigenvalue weighted by Crippen LogP contribution is -2.63. The molecular weight excluding hydrogens is 374 g/mol. The second kappa shape index (κ2) is 7.78. The van der Waals surface area contributed by atoms with E-state index in [9.17, 15) is 9.90 Å². The van der Waals surface area contributed by atoms with Gasteiger partial charge in [0.25, 0.3) is 5.91 Å². The van der Waals surface area contributed by atoms with E-state index in [0.717, 1.165) is 44.6 Å². The maximum absolute atomic E-state index is 13.0. The lowest BCUT2D eigenvalue weighted by Gasteiger charge is -2.55. The third-order valence-corrected chi connectivity index (χ3v) is 6.90. The summed E-state index contributed by atoms with van der Waals surface area (Å²) in [7, 11) is 2.07.